The molecule has 0 spiro atoms. The molecule has 0 saturated heterocycles. The van der Waals surface area contributed by atoms with E-state index in [2.05, 4.69) is 15.9 Å². The Bertz CT molecular complexity index is 1270. The fourth-order valence-electron chi connectivity index (χ4n) is 4.19. The van der Waals surface area contributed by atoms with Gasteiger partial charge in [-0.05, 0) is 35.9 Å². The summed E-state index contributed by atoms with van der Waals surface area (Å²) in [5.74, 6) is -0.189. The molecule has 0 fully saturated rings. The molecule has 3 aromatic rings. The number of benzene rings is 3. The number of carbonyl (C=O) groups is 1. The van der Waals surface area contributed by atoms with Gasteiger partial charge in [0.2, 0.25) is 5.90 Å². The van der Waals surface area contributed by atoms with Gasteiger partial charge in [-0.3, -0.25) is 4.79 Å². The number of hydrogen-bond acceptors (Lipinski definition) is 5. The molecular weight excluding hydrogens is 565 g/mol. The maximum Gasteiger partial charge on any atom is 0.405 e. The smallest absolute Gasteiger partial charge is 0.405 e. The van der Waals surface area contributed by atoms with Crippen LogP contribution in [0.2, 0.25) is 0 Å². The number of ether oxygens (including phenoxy) is 2. The maximum absolute atomic E-state index is 13.6. The summed E-state index contributed by atoms with van der Waals surface area (Å²) in [4.78, 5) is 18.3. The highest BCUT2D eigenvalue weighted by Gasteiger charge is 2.54. The molecule has 6 nitrogen and oxygen atoms in total. The molecule has 200 valence electrons. The molecule has 0 bridgehead atoms. The van der Waals surface area contributed by atoms with Crippen LogP contribution in [-0.4, -0.2) is 48.4 Å². The standard InChI is InChI=1S/C28H26BrF3N2O4/c29-23-10-5-4-9-22(23)24-27(17-19-7-2-1-3-8-19,26(36)33-18-28(30,31)32)34-25(38-24)20-11-13-21(14-12-20)37-16-6-15-35/h1-5,7-14,24,35H,6,15-18H2,(H,33,36)/t24-,27-/m1/s1. The number of nitrogens with zero attached hydrogens (tertiary/aromatic N) is 1. The monoisotopic (exact) mass is 590 g/mol. The summed E-state index contributed by atoms with van der Waals surface area (Å²) >= 11 is 3.50. The van der Waals surface area contributed by atoms with E-state index in [-0.39, 0.29) is 18.9 Å². The molecule has 0 aromatic heterocycles. The zero-order valence-electron chi connectivity index (χ0n) is 20.2. The zero-order valence-corrected chi connectivity index (χ0v) is 21.8. The third kappa shape index (κ3) is 6.54. The molecule has 1 amide bonds. The van der Waals surface area contributed by atoms with E-state index in [4.69, 9.17) is 19.6 Å². The van der Waals surface area contributed by atoms with Crippen molar-refractivity contribution >= 4 is 27.7 Å². The number of carbonyl (C=O) groups excluding carboxylic acids is 1. The van der Waals surface area contributed by atoms with Gasteiger partial charge in [0.25, 0.3) is 5.91 Å². The first-order valence-electron chi connectivity index (χ1n) is 12.0. The van der Waals surface area contributed by atoms with Crippen LogP contribution in [-0.2, 0) is 16.0 Å². The highest BCUT2D eigenvalue weighted by Crippen LogP contribution is 2.44. The molecule has 0 aliphatic carbocycles. The van der Waals surface area contributed by atoms with Gasteiger partial charge in [0, 0.05) is 35.0 Å². The van der Waals surface area contributed by atoms with Crippen LogP contribution >= 0.6 is 15.9 Å². The summed E-state index contributed by atoms with van der Waals surface area (Å²) in [6.07, 6.45) is -5.11. The minimum Gasteiger partial charge on any atom is -0.494 e. The second-order valence-corrected chi connectivity index (χ2v) is 9.63. The highest BCUT2D eigenvalue weighted by molar-refractivity contribution is 9.10. The van der Waals surface area contributed by atoms with Crippen molar-refractivity contribution < 1.29 is 32.5 Å². The third-order valence-corrected chi connectivity index (χ3v) is 6.71. The lowest BCUT2D eigenvalue weighted by molar-refractivity contribution is -0.143. The van der Waals surface area contributed by atoms with Gasteiger partial charge in [0.05, 0.1) is 6.61 Å². The maximum atomic E-state index is 13.6. The SMILES string of the molecule is O=C(NCC(F)(F)F)[C@]1(Cc2ccccc2)N=C(c2ccc(OCCCO)cc2)O[C@@H]1c1ccccc1Br. The molecule has 0 saturated carbocycles. The van der Waals surface area contributed by atoms with Gasteiger partial charge in [0.1, 0.15) is 12.3 Å². The second kappa shape index (κ2) is 12.0. The average Bonchev–Trinajstić information content (AvgIpc) is 3.28. The van der Waals surface area contributed by atoms with Crippen LogP contribution in [0.3, 0.4) is 0 Å². The number of aliphatic hydroxyl groups is 1. The Balaban J connectivity index is 1.78. The van der Waals surface area contributed by atoms with Crippen molar-refractivity contribution in [2.75, 3.05) is 19.8 Å². The van der Waals surface area contributed by atoms with Gasteiger partial charge >= 0.3 is 6.18 Å². The van der Waals surface area contributed by atoms with Crippen LogP contribution in [0, 0.1) is 0 Å². The lowest BCUT2D eigenvalue weighted by atomic mass is 9.82. The van der Waals surface area contributed by atoms with Crippen LogP contribution in [0.5, 0.6) is 5.75 Å². The van der Waals surface area contributed by atoms with Crippen LogP contribution in [0.25, 0.3) is 0 Å². The molecule has 0 radical (unpaired) electrons. The Morgan fingerprint density at radius 1 is 1.05 bits per heavy atom. The van der Waals surface area contributed by atoms with E-state index in [1.165, 1.54) is 0 Å². The van der Waals surface area contributed by atoms with Gasteiger partial charge in [-0.2, -0.15) is 13.2 Å². The number of rotatable bonds is 10. The Hall–Kier alpha value is -3.37. The topological polar surface area (TPSA) is 80.2 Å². The van der Waals surface area contributed by atoms with E-state index >= 15 is 0 Å². The summed E-state index contributed by atoms with van der Waals surface area (Å²) in [6, 6.07) is 22.9. The lowest BCUT2D eigenvalue weighted by Crippen LogP contribution is -2.51. The third-order valence-electron chi connectivity index (χ3n) is 5.98. The van der Waals surface area contributed by atoms with Gasteiger partial charge in [-0.15, -0.1) is 0 Å². The van der Waals surface area contributed by atoms with Crippen molar-refractivity contribution in [2.45, 2.75) is 30.7 Å². The van der Waals surface area contributed by atoms with E-state index in [0.29, 0.717) is 39.9 Å². The van der Waals surface area contributed by atoms with Crippen LogP contribution in [0.15, 0.2) is 88.3 Å². The number of aliphatic imine (C=N–C) groups is 1. The van der Waals surface area contributed by atoms with Crippen molar-refractivity contribution in [1.82, 2.24) is 5.32 Å². The van der Waals surface area contributed by atoms with Crippen molar-refractivity contribution in [1.29, 1.82) is 0 Å². The molecule has 10 heteroatoms. The van der Waals surface area contributed by atoms with Gasteiger partial charge in [-0.1, -0.05) is 64.5 Å². The summed E-state index contributed by atoms with van der Waals surface area (Å²) in [7, 11) is 0. The minimum absolute atomic E-state index is 0.00931. The Kier molecular flexibility index (Phi) is 8.73. The quantitative estimate of drug-likeness (QED) is 0.310. The lowest BCUT2D eigenvalue weighted by Gasteiger charge is -2.31. The number of nitrogens with one attached hydrogen (secondary N) is 1. The van der Waals surface area contributed by atoms with Crippen LogP contribution in [0.4, 0.5) is 13.2 Å². The molecule has 3 aromatic carbocycles. The summed E-state index contributed by atoms with van der Waals surface area (Å²) in [5, 5.41) is 11.0. The molecule has 4 rings (SSSR count). The van der Waals surface area contributed by atoms with Crippen molar-refractivity contribution in [2.24, 2.45) is 4.99 Å². The predicted octanol–water partition coefficient (Wildman–Crippen LogP) is 5.39. The molecule has 38 heavy (non-hydrogen) atoms. The van der Waals surface area contributed by atoms with Crippen LogP contribution < -0.4 is 10.1 Å². The van der Waals surface area contributed by atoms with Gasteiger partial charge < -0.3 is 19.9 Å². The van der Waals surface area contributed by atoms with E-state index in [1.54, 1.807) is 72.8 Å². The fraction of sp³-hybridized carbons (Fsp3) is 0.286. The van der Waals surface area contributed by atoms with Crippen molar-refractivity contribution in [3.05, 3.63) is 100 Å². The molecule has 1 heterocycles. The number of aliphatic hydroxyl groups excluding tert-OH is 1. The summed E-state index contributed by atoms with van der Waals surface area (Å²) in [6.45, 7) is -1.13. The van der Waals surface area contributed by atoms with E-state index in [9.17, 15) is 18.0 Å². The average molecular weight is 591 g/mol. The normalized spacial score (nSPS) is 19.0. The molecule has 2 atom stereocenters. The Labute approximate surface area is 226 Å². The van der Waals surface area contributed by atoms with E-state index < -0.39 is 30.3 Å². The molecular formula is C28H26BrF3N2O4. The van der Waals surface area contributed by atoms with Gasteiger partial charge in [-0.25, -0.2) is 4.99 Å². The van der Waals surface area contributed by atoms with Crippen molar-refractivity contribution in [3.63, 3.8) is 0 Å². The number of alkyl halides is 3. The number of amides is 1. The van der Waals surface area contributed by atoms with Crippen molar-refractivity contribution in [3.8, 4) is 5.75 Å². The van der Waals surface area contributed by atoms with E-state index in [0.717, 1.165) is 0 Å². The van der Waals surface area contributed by atoms with Gasteiger partial charge in [0.15, 0.2) is 11.6 Å². The fourth-order valence-corrected chi connectivity index (χ4v) is 4.68. The molecule has 0 unspecified atom stereocenters. The zero-order chi connectivity index (χ0) is 27.2. The summed E-state index contributed by atoms with van der Waals surface area (Å²) < 4.78 is 51.9. The second-order valence-electron chi connectivity index (χ2n) is 8.77. The Morgan fingerprint density at radius 3 is 2.39 bits per heavy atom. The number of hydrogen-bond donors (Lipinski definition) is 2. The first kappa shape index (κ1) is 27.7. The first-order chi connectivity index (χ1) is 18.2. The first-order valence-corrected chi connectivity index (χ1v) is 12.8. The molecule has 1 aliphatic heterocycles. The largest absolute Gasteiger partial charge is 0.494 e. The minimum atomic E-state index is -4.59. The molecule has 1 aliphatic rings. The number of halogens is 4. The highest BCUT2D eigenvalue weighted by atomic mass is 79.9. The Morgan fingerprint density at radius 2 is 1.74 bits per heavy atom. The van der Waals surface area contributed by atoms with Crippen LogP contribution in [0.1, 0.15) is 29.2 Å². The molecule has 2 N–H and O–H groups in total. The summed E-state index contributed by atoms with van der Waals surface area (Å²) in [5.41, 5.74) is 0.110. The predicted molar refractivity (Wildman–Crippen MR) is 140 cm³/mol. The van der Waals surface area contributed by atoms with E-state index in [1.807, 2.05) is 11.4 Å².